The van der Waals surface area contributed by atoms with Crippen LogP contribution in [0.15, 0.2) is 91.0 Å². The molecular weight excluding hydrogens is 555 g/mol. The van der Waals surface area contributed by atoms with Crippen LogP contribution in [0.3, 0.4) is 0 Å². The maximum atomic E-state index is 6.57. The van der Waals surface area contributed by atoms with Crippen LogP contribution in [0.2, 0.25) is 0 Å². The molecule has 6 heteroatoms. The van der Waals surface area contributed by atoms with Crippen LogP contribution in [0.1, 0.15) is 23.1 Å². The molecule has 0 unspecified atom stereocenters. The van der Waals surface area contributed by atoms with E-state index in [0.717, 1.165) is 27.5 Å². The van der Waals surface area contributed by atoms with Crippen LogP contribution >= 0.6 is 22.6 Å². The molecule has 0 saturated carbocycles. The van der Waals surface area contributed by atoms with E-state index in [1.165, 1.54) is 0 Å². The van der Waals surface area contributed by atoms with Gasteiger partial charge in [-0.15, -0.1) is 0 Å². The molecule has 1 saturated heterocycles. The molecule has 35 heavy (non-hydrogen) atoms. The fourth-order valence-electron chi connectivity index (χ4n) is 4.28. The minimum absolute atomic E-state index is 0.169. The van der Waals surface area contributed by atoms with E-state index in [9.17, 15) is 0 Å². The van der Waals surface area contributed by atoms with Gasteiger partial charge in [0.25, 0.3) is 0 Å². The van der Waals surface area contributed by atoms with Gasteiger partial charge in [-0.2, -0.15) is 0 Å². The average molecular weight is 588 g/mol. The summed E-state index contributed by atoms with van der Waals surface area (Å²) in [4.78, 5) is 0. The van der Waals surface area contributed by atoms with E-state index in [1.807, 2.05) is 66.7 Å². The number of halogens is 1. The molecule has 0 spiro atoms. The predicted molar refractivity (Wildman–Crippen MR) is 144 cm³/mol. The molecule has 0 aromatic heterocycles. The van der Waals surface area contributed by atoms with Gasteiger partial charge < -0.3 is 23.7 Å². The Morgan fingerprint density at radius 3 is 1.49 bits per heavy atom. The van der Waals surface area contributed by atoms with Crippen LogP contribution in [0.25, 0.3) is 0 Å². The first-order valence-electron chi connectivity index (χ1n) is 12.0. The zero-order valence-electron chi connectivity index (χ0n) is 20.0. The van der Waals surface area contributed by atoms with Gasteiger partial charge in [0.2, 0.25) is 0 Å². The van der Waals surface area contributed by atoms with E-state index < -0.39 is 12.4 Å². The van der Waals surface area contributed by atoms with Crippen LogP contribution in [-0.2, 0) is 43.5 Å². The molecule has 0 amide bonds. The first-order valence-corrected chi connectivity index (χ1v) is 13.5. The molecule has 4 rings (SSSR count). The highest BCUT2D eigenvalue weighted by Gasteiger charge is 2.48. The van der Waals surface area contributed by atoms with Gasteiger partial charge in [-0.25, -0.2) is 0 Å². The van der Waals surface area contributed by atoms with Gasteiger partial charge in [0.15, 0.2) is 6.29 Å². The average Bonchev–Trinajstić information content (AvgIpc) is 2.92. The van der Waals surface area contributed by atoms with Crippen molar-refractivity contribution in [1.29, 1.82) is 0 Å². The second kappa shape index (κ2) is 14.1. The third-order valence-corrected chi connectivity index (χ3v) is 6.70. The summed E-state index contributed by atoms with van der Waals surface area (Å²) in [6.07, 6.45) is -1.01. The molecule has 1 fully saturated rings. The number of hydrogen-bond acceptors (Lipinski definition) is 5. The molecule has 0 N–H and O–H groups in total. The standard InChI is InChI=1S/C29H33IO5/c1-31-29-28(34-21-24-15-9-4-10-16-24)27(33-20-23-13-7-3-8-14-23)26(25(35-29)17-18-30)32-19-22-11-5-2-6-12-22/h2-16,25-29H,17-21H2,1H3/t25-,26-,27+,28-,29+/m1/s1. The highest BCUT2D eigenvalue weighted by molar-refractivity contribution is 14.1. The van der Waals surface area contributed by atoms with Crippen molar-refractivity contribution < 1.29 is 23.7 Å². The molecular formula is C29H33IO5. The molecule has 0 aliphatic carbocycles. The Labute approximate surface area is 221 Å². The van der Waals surface area contributed by atoms with Gasteiger partial charge in [-0.3, -0.25) is 0 Å². The first-order chi connectivity index (χ1) is 17.3. The van der Waals surface area contributed by atoms with Gasteiger partial charge in [0, 0.05) is 11.5 Å². The van der Waals surface area contributed by atoms with E-state index in [1.54, 1.807) is 7.11 Å². The van der Waals surface area contributed by atoms with Crippen molar-refractivity contribution >= 4 is 22.6 Å². The van der Waals surface area contributed by atoms with Crippen molar-refractivity contribution in [3.05, 3.63) is 108 Å². The van der Waals surface area contributed by atoms with E-state index >= 15 is 0 Å². The molecule has 1 aliphatic heterocycles. The largest absolute Gasteiger partial charge is 0.368 e. The molecule has 5 atom stereocenters. The third-order valence-electron chi connectivity index (χ3n) is 6.07. The zero-order chi connectivity index (χ0) is 24.3. The summed E-state index contributed by atoms with van der Waals surface area (Å²) in [5, 5.41) is 0. The van der Waals surface area contributed by atoms with E-state index in [4.69, 9.17) is 23.7 Å². The summed E-state index contributed by atoms with van der Waals surface area (Å²) in [6, 6.07) is 30.5. The fraction of sp³-hybridized carbons (Fsp3) is 0.379. The van der Waals surface area contributed by atoms with Crippen molar-refractivity contribution in [2.24, 2.45) is 0 Å². The Morgan fingerprint density at radius 1 is 0.629 bits per heavy atom. The van der Waals surface area contributed by atoms with Gasteiger partial charge in [0.1, 0.15) is 18.3 Å². The predicted octanol–water partition coefficient (Wildman–Crippen LogP) is 5.94. The van der Waals surface area contributed by atoms with E-state index in [2.05, 4.69) is 46.9 Å². The summed E-state index contributed by atoms with van der Waals surface area (Å²) in [5.74, 6) is 0. The van der Waals surface area contributed by atoms with Crippen molar-refractivity contribution in [2.75, 3.05) is 11.5 Å². The summed E-state index contributed by atoms with van der Waals surface area (Å²) < 4.78 is 32.6. The van der Waals surface area contributed by atoms with E-state index in [0.29, 0.717) is 19.8 Å². The fourth-order valence-corrected chi connectivity index (χ4v) is 4.89. The highest BCUT2D eigenvalue weighted by atomic mass is 127. The summed E-state index contributed by atoms with van der Waals surface area (Å²) in [7, 11) is 1.66. The molecule has 0 radical (unpaired) electrons. The number of methoxy groups -OCH3 is 1. The van der Waals surface area contributed by atoms with Gasteiger partial charge in [-0.05, 0) is 23.1 Å². The van der Waals surface area contributed by atoms with Crippen LogP contribution < -0.4 is 0 Å². The molecule has 1 aliphatic rings. The SMILES string of the molecule is CO[C@H]1O[C@H](CCI)[C@@H](OCc2ccccc2)[C@H](OCc2ccccc2)[C@H]1OCc1ccccc1. The van der Waals surface area contributed by atoms with Crippen LogP contribution in [0.5, 0.6) is 0 Å². The minimum atomic E-state index is -0.552. The Morgan fingerprint density at radius 2 is 1.06 bits per heavy atom. The Balaban J connectivity index is 1.58. The van der Waals surface area contributed by atoms with Crippen LogP contribution in [-0.4, -0.2) is 42.2 Å². The second-order valence-electron chi connectivity index (χ2n) is 8.54. The number of rotatable bonds is 12. The molecule has 0 bridgehead atoms. The molecule has 1 heterocycles. The van der Waals surface area contributed by atoms with E-state index in [-0.39, 0.29) is 18.3 Å². The number of alkyl halides is 1. The molecule has 186 valence electrons. The second-order valence-corrected chi connectivity index (χ2v) is 9.62. The lowest BCUT2D eigenvalue weighted by Gasteiger charge is -2.45. The normalized spacial score (nSPS) is 24.3. The smallest absolute Gasteiger partial charge is 0.186 e. The van der Waals surface area contributed by atoms with Crippen molar-refractivity contribution in [1.82, 2.24) is 0 Å². The van der Waals surface area contributed by atoms with Crippen LogP contribution in [0.4, 0.5) is 0 Å². The monoisotopic (exact) mass is 588 g/mol. The molecule has 5 nitrogen and oxygen atoms in total. The van der Waals surface area contributed by atoms with Gasteiger partial charge in [0.05, 0.1) is 25.9 Å². The quantitative estimate of drug-likeness (QED) is 0.194. The Hall–Kier alpha value is -1.81. The summed E-state index contributed by atoms with van der Waals surface area (Å²) in [6.45, 7) is 1.36. The maximum Gasteiger partial charge on any atom is 0.186 e. The molecule has 3 aromatic carbocycles. The summed E-state index contributed by atoms with van der Waals surface area (Å²) >= 11 is 2.38. The van der Waals surface area contributed by atoms with Crippen molar-refractivity contribution in [2.45, 2.75) is 56.9 Å². The topological polar surface area (TPSA) is 46.2 Å². The van der Waals surface area contributed by atoms with Crippen molar-refractivity contribution in [3.63, 3.8) is 0 Å². The Bertz CT molecular complexity index is 972. The summed E-state index contributed by atoms with van der Waals surface area (Å²) in [5.41, 5.74) is 3.29. The lowest BCUT2D eigenvalue weighted by atomic mass is 9.96. The number of hydrogen-bond donors (Lipinski definition) is 0. The number of ether oxygens (including phenoxy) is 5. The van der Waals surface area contributed by atoms with Gasteiger partial charge >= 0.3 is 0 Å². The van der Waals surface area contributed by atoms with Crippen molar-refractivity contribution in [3.8, 4) is 0 Å². The lowest BCUT2D eigenvalue weighted by Crippen LogP contribution is -2.60. The molecule has 3 aromatic rings. The maximum absolute atomic E-state index is 6.57. The third kappa shape index (κ3) is 7.59. The van der Waals surface area contributed by atoms with Crippen LogP contribution in [0, 0.1) is 0 Å². The van der Waals surface area contributed by atoms with Gasteiger partial charge in [-0.1, -0.05) is 114 Å². The first kappa shape index (κ1) is 26.3. The zero-order valence-corrected chi connectivity index (χ0v) is 22.2. The lowest BCUT2D eigenvalue weighted by molar-refractivity contribution is -0.317. The number of benzene rings is 3. The minimum Gasteiger partial charge on any atom is -0.368 e. The highest BCUT2D eigenvalue weighted by Crippen LogP contribution is 2.32. The Kier molecular flexibility index (Phi) is 10.6.